The zero-order valence-electron chi connectivity index (χ0n) is 24.7. The van der Waals surface area contributed by atoms with Gasteiger partial charge in [-0.1, -0.05) is 59.7 Å². The van der Waals surface area contributed by atoms with E-state index in [2.05, 4.69) is 53.4 Å². The summed E-state index contributed by atoms with van der Waals surface area (Å²) in [7, 11) is 0. The maximum atomic E-state index is 13.2. The molecule has 2 saturated carbocycles. The second-order valence-electron chi connectivity index (χ2n) is 11.9. The molecule has 2 heterocycles. The van der Waals surface area contributed by atoms with E-state index >= 15 is 0 Å². The Labute approximate surface area is 250 Å². The molecule has 6 rings (SSSR count). The van der Waals surface area contributed by atoms with Gasteiger partial charge in [0, 0.05) is 55.2 Å². The van der Waals surface area contributed by atoms with E-state index in [0.717, 1.165) is 44.5 Å². The molecule has 2 aromatic carbocycles. The number of benzene rings is 2. The van der Waals surface area contributed by atoms with Gasteiger partial charge in [0.15, 0.2) is 0 Å². The molecule has 43 heavy (non-hydrogen) atoms. The number of allylic oxidation sites excluding steroid dienone is 2. The number of alkyl halides is 4. The van der Waals surface area contributed by atoms with Crippen LogP contribution in [0, 0.1) is 0 Å². The van der Waals surface area contributed by atoms with E-state index < -0.39 is 11.8 Å². The maximum absolute atomic E-state index is 13.2. The van der Waals surface area contributed by atoms with Crippen LogP contribution < -0.4 is 0 Å². The Bertz CT molecular complexity index is 1540. The quantitative estimate of drug-likeness (QED) is 0.235. The summed E-state index contributed by atoms with van der Waals surface area (Å²) in [5, 5.41) is 11.1. The van der Waals surface area contributed by atoms with Gasteiger partial charge in [-0.25, -0.2) is 17.6 Å². The third-order valence-corrected chi connectivity index (χ3v) is 8.06. The van der Waals surface area contributed by atoms with Crippen molar-refractivity contribution in [3.05, 3.63) is 95.6 Å². The summed E-state index contributed by atoms with van der Waals surface area (Å²) in [6.45, 7) is 4.19. The molecule has 8 heteroatoms. The molecule has 0 atom stereocenters. The number of halogens is 4. The number of nitrogens with one attached hydrogen (secondary N) is 1. The number of H-pyrrole nitrogens is 1. The van der Waals surface area contributed by atoms with Gasteiger partial charge < -0.3 is 0 Å². The highest BCUT2D eigenvalue weighted by molar-refractivity contribution is 5.68. The van der Waals surface area contributed by atoms with E-state index in [9.17, 15) is 17.6 Å². The lowest BCUT2D eigenvalue weighted by molar-refractivity contribution is -0.0249. The minimum atomic E-state index is -2.48. The lowest BCUT2D eigenvalue weighted by Crippen LogP contribution is -2.20. The van der Waals surface area contributed by atoms with Crippen LogP contribution in [0.3, 0.4) is 0 Å². The van der Waals surface area contributed by atoms with Crippen LogP contribution in [-0.2, 0) is 0 Å². The van der Waals surface area contributed by atoms with Crippen LogP contribution >= 0.6 is 0 Å². The fourth-order valence-corrected chi connectivity index (χ4v) is 5.43. The Hall–Kier alpha value is -3.94. The molecular weight excluding hydrogens is 552 g/mol. The van der Waals surface area contributed by atoms with E-state index in [0.29, 0.717) is 31.7 Å². The fraction of sp³-hybridized carbons (Fsp3) is 0.371. The van der Waals surface area contributed by atoms with Crippen molar-refractivity contribution in [2.75, 3.05) is 0 Å². The van der Waals surface area contributed by atoms with Crippen molar-refractivity contribution in [2.45, 2.75) is 83.1 Å². The summed E-state index contributed by atoms with van der Waals surface area (Å²) >= 11 is 0. The second-order valence-corrected chi connectivity index (χ2v) is 11.9. The first-order chi connectivity index (χ1) is 20.6. The van der Waals surface area contributed by atoms with E-state index in [1.807, 2.05) is 59.7 Å². The third-order valence-electron chi connectivity index (χ3n) is 8.06. The topological polar surface area (TPSA) is 46.5 Å². The van der Waals surface area contributed by atoms with E-state index in [-0.39, 0.29) is 25.7 Å². The molecule has 2 aliphatic carbocycles. The van der Waals surface area contributed by atoms with Gasteiger partial charge in [0.2, 0.25) is 11.8 Å². The van der Waals surface area contributed by atoms with Gasteiger partial charge in [-0.05, 0) is 73.9 Å². The smallest absolute Gasteiger partial charge is 0.248 e. The fourth-order valence-electron chi connectivity index (χ4n) is 5.43. The molecule has 0 spiro atoms. The van der Waals surface area contributed by atoms with Crippen LogP contribution in [0.2, 0.25) is 0 Å². The normalized spacial score (nSPS) is 17.7. The van der Waals surface area contributed by atoms with Crippen molar-refractivity contribution in [1.82, 2.24) is 20.0 Å². The van der Waals surface area contributed by atoms with Crippen molar-refractivity contribution >= 4 is 12.2 Å². The van der Waals surface area contributed by atoms with Crippen molar-refractivity contribution < 1.29 is 17.6 Å². The maximum Gasteiger partial charge on any atom is 0.248 e. The number of aromatic nitrogens is 4. The minimum Gasteiger partial charge on any atom is -0.285 e. The highest BCUT2D eigenvalue weighted by Crippen LogP contribution is 2.38. The molecule has 2 aromatic heterocycles. The summed E-state index contributed by atoms with van der Waals surface area (Å²) in [5.41, 5.74) is 8.64. The molecule has 0 unspecified atom stereocenters. The summed E-state index contributed by atoms with van der Waals surface area (Å²) in [6, 6.07) is 16.6. The second kappa shape index (κ2) is 13.1. The van der Waals surface area contributed by atoms with Crippen LogP contribution in [0.4, 0.5) is 17.6 Å². The molecular formula is C35H38F4N4. The van der Waals surface area contributed by atoms with Gasteiger partial charge in [-0.15, -0.1) is 0 Å². The average Bonchev–Trinajstić information content (AvgIpc) is 3.70. The zero-order valence-corrected chi connectivity index (χ0v) is 24.7. The van der Waals surface area contributed by atoms with Gasteiger partial charge in [0.1, 0.15) is 0 Å². The molecule has 0 bridgehead atoms. The van der Waals surface area contributed by atoms with Crippen LogP contribution in [-0.4, -0.2) is 31.8 Å². The van der Waals surface area contributed by atoms with E-state index in [4.69, 9.17) is 0 Å². The highest BCUT2D eigenvalue weighted by Gasteiger charge is 2.33. The third kappa shape index (κ3) is 8.55. The Morgan fingerprint density at radius 1 is 0.721 bits per heavy atom. The first-order valence-corrected chi connectivity index (χ1v) is 14.9. The molecule has 0 radical (unpaired) electrons. The summed E-state index contributed by atoms with van der Waals surface area (Å²) in [5.74, 6) is -4.96. The molecule has 0 saturated heterocycles. The zero-order chi connectivity index (χ0) is 30.5. The first-order valence-electron chi connectivity index (χ1n) is 14.9. The predicted molar refractivity (Wildman–Crippen MR) is 165 cm³/mol. The number of hydrogen-bond acceptors (Lipinski definition) is 2. The molecule has 0 amide bonds. The molecule has 2 aliphatic rings. The van der Waals surface area contributed by atoms with Crippen molar-refractivity contribution in [3.63, 3.8) is 0 Å². The van der Waals surface area contributed by atoms with Crippen LogP contribution in [0.1, 0.15) is 82.4 Å². The van der Waals surface area contributed by atoms with Crippen molar-refractivity contribution in [3.8, 4) is 22.3 Å². The largest absolute Gasteiger partial charge is 0.285 e. The number of hydrogen-bond donors (Lipinski definition) is 1. The number of aromatic amines is 1. The molecule has 4 nitrogen and oxygen atoms in total. The molecule has 226 valence electrons. The van der Waals surface area contributed by atoms with Gasteiger partial charge in [0.05, 0.1) is 12.4 Å². The summed E-state index contributed by atoms with van der Waals surface area (Å²) in [4.78, 5) is 0. The van der Waals surface area contributed by atoms with Gasteiger partial charge in [0.25, 0.3) is 0 Å². The van der Waals surface area contributed by atoms with Crippen molar-refractivity contribution in [2.24, 2.45) is 0 Å². The molecule has 1 N–H and O–H groups in total. The Balaban J connectivity index is 0.000000173. The van der Waals surface area contributed by atoms with Crippen LogP contribution in [0.25, 0.3) is 34.4 Å². The molecule has 4 aromatic rings. The Morgan fingerprint density at radius 2 is 1.23 bits per heavy atom. The number of nitrogens with zero attached hydrogens (tertiary/aromatic N) is 3. The van der Waals surface area contributed by atoms with Crippen molar-refractivity contribution in [1.29, 1.82) is 0 Å². The van der Waals surface area contributed by atoms with Gasteiger partial charge in [-0.3, -0.25) is 9.78 Å². The first kappa shape index (κ1) is 30.5. The minimum absolute atomic E-state index is 0.0275. The number of rotatable bonds is 5. The average molecular weight is 591 g/mol. The van der Waals surface area contributed by atoms with Gasteiger partial charge in [-0.2, -0.15) is 10.2 Å². The van der Waals surface area contributed by atoms with Crippen LogP contribution in [0.15, 0.2) is 84.5 Å². The van der Waals surface area contributed by atoms with Gasteiger partial charge >= 0.3 is 0 Å². The summed E-state index contributed by atoms with van der Waals surface area (Å²) < 4.78 is 54.7. The Kier molecular flexibility index (Phi) is 9.33. The lowest BCUT2D eigenvalue weighted by Gasteiger charge is -2.23. The highest BCUT2D eigenvalue weighted by atomic mass is 19.3. The molecule has 2 fully saturated rings. The summed E-state index contributed by atoms with van der Waals surface area (Å²) in [6.07, 6.45) is 13.5. The van der Waals surface area contributed by atoms with E-state index in [1.54, 1.807) is 6.20 Å². The van der Waals surface area contributed by atoms with E-state index in [1.165, 1.54) is 0 Å². The standard InChI is InChI=1S/C19H22F2N2.C16H16F2N2/c1-14(2)23-13-18(12-22-23)17-5-3-4-16(11-17)10-15-6-8-19(20,21)9-7-15;17-16(18)6-4-12(5-7-16)8-13-2-1-3-14(9-13)15-10-19-20-11-15/h3-5,10-14H,6-9H2,1-2H3;1-3,8-11H,4-7H2,(H,19,20). The lowest BCUT2D eigenvalue weighted by atomic mass is 9.90. The monoisotopic (exact) mass is 590 g/mol. The Morgan fingerprint density at radius 3 is 1.67 bits per heavy atom. The SMILES string of the molecule is CC(C)n1cc(-c2cccc(C=C3CCC(F)(F)CC3)c2)cn1.FC1(F)CCC(=Cc2cccc(-c3cn[nH]c3)c2)CC1. The predicted octanol–water partition coefficient (Wildman–Crippen LogP) is 10.4. The van der Waals surface area contributed by atoms with Crippen LogP contribution in [0.5, 0.6) is 0 Å². The molecule has 0 aliphatic heterocycles.